The van der Waals surface area contributed by atoms with Gasteiger partial charge in [-0.15, -0.1) is 0 Å². The molecule has 64 heavy (non-hydrogen) atoms. The highest BCUT2D eigenvalue weighted by atomic mass is 16.6. The molecule has 0 aliphatic heterocycles. The van der Waals surface area contributed by atoms with E-state index in [9.17, 15) is 9.59 Å². The largest absolute Gasteiger partial charge is 0.462 e. The molecule has 1 atom stereocenters. The standard InChI is InChI=1S/C59H96O5/c1-4-7-10-13-16-19-22-25-27-29-31-33-36-39-42-45-48-51-54-62-55-57(64-59(61)53-50-47-44-41-38-34-24-21-18-15-12-9-6-3)56-63-58(60)52-49-46-43-40-37-35-32-30-28-26-23-20-17-14-11-8-5-2/h7-8,10-12,15-17,19-21,24-28,31,33,39,42,57H,4-6,9,13-14,18,22-23,29-30,32,34-38,40-41,43-56H2,1-3H3/b10-7-,11-8-,15-12-,19-16-,20-17-,24-21-,27-25-,28-26-,33-31-,42-39-. The number of allylic oxidation sites excluding steroid dienone is 20. The molecule has 0 aromatic carbocycles. The van der Waals surface area contributed by atoms with Gasteiger partial charge in [0.05, 0.1) is 6.61 Å². The number of rotatable bonds is 46. The highest BCUT2D eigenvalue weighted by Gasteiger charge is 2.17. The zero-order valence-electron chi connectivity index (χ0n) is 41.5. The quantitative estimate of drug-likeness (QED) is 0.0346. The molecule has 0 aromatic rings. The maximum absolute atomic E-state index is 12.8. The molecule has 1 unspecified atom stereocenters. The summed E-state index contributed by atoms with van der Waals surface area (Å²) in [7, 11) is 0. The molecule has 362 valence electrons. The fourth-order valence-electron chi connectivity index (χ4n) is 6.65. The van der Waals surface area contributed by atoms with Crippen molar-refractivity contribution in [3.8, 4) is 0 Å². The predicted octanol–water partition coefficient (Wildman–Crippen LogP) is 17.8. The Bertz CT molecular complexity index is 1320. The van der Waals surface area contributed by atoms with E-state index in [2.05, 4.69) is 142 Å². The second kappa shape index (κ2) is 53.6. The van der Waals surface area contributed by atoms with Crippen molar-refractivity contribution in [1.29, 1.82) is 0 Å². The van der Waals surface area contributed by atoms with E-state index in [0.717, 1.165) is 135 Å². The summed E-state index contributed by atoms with van der Waals surface area (Å²) in [5.41, 5.74) is 0. The molecule has 0 saturated carbocycles. The van der Waals surface area contributed by atoms with Crippen molar-refractivity contribution in [3.05, 3.63) is 122 Å². The third-order valence-corrected chi connectivity index (χ3v) is 10.4. The van der Waals surface area contributed by atoms with Gasteiger partial charge in [0.15, 0.2) is 6.10 Å². The minimum atomic E-state index is -0.578. The van der Waals surface area contributed by atoms with Gasteiger partial charge in [0, 0.05) is 19.4 Å². The first-order chi connectivity index (χ1) is 31.6. The van der Waals surface area contributed by atoms with Gasteiger partial charge in [0.25, 0.3) is 0 Å². The van der Waals surface area contributed by atoms with Gasteiger partial charge in [-0.25, -0.2) is 0 Å². The summed E-state index contributed by atoms with van der Waals surface area (Å²) in [6.07, 6.45) is 75.0. The molecule has 0 bridgehead atoms. The summed E-state index contributed by atoms with van der Waals surface area (Å²) in [5.74, 6) is -0.457. The molecule has 5 heteroatoms. The van der Waals surface area contributed by atoms with Crippen LogP contribution in [0.2, 0.25) is 0 Å². The van der Waals surface area contributed by atoms with Crippen LogP contribution in [0.3, 0.4) is 0 Å². The Hall–Kier alpha value is -3.70. The molecule has 0 N–H and O–H groups in total. The van der Waals surface area contributed by atoms with E-state index >= 15 is 0 Å². The molecule has 0 aliphatic carbocycles. The van der Waals surface area contributed by atoms with Gasteiger partial charge in [-0.1, -0.05) is 200 Å². The zero-order valence-corrected chi connectivity index (χ0v) is 41.5. The number of hydrogen-bond donors (Lipinski definition) is 0. The Morgan fingerprint density at radius 1 is 0.359 bits per heavy atom. The van der Waals surface area contributed by atoms with Gasteiger partial charge in [0.2, 0.25) is 0 Å². The number of ether oxygens (including phenoxy) is 3. The summed E-state index contributed by atoms with van der Waals surface area (Å²) < 4.78 is 17.3. The Labute approximate surface area is 395 Å². The van der Waals surface area contributed by atoms with Crippen LogP contribution in [-0.2, 0) is 23.8 Å². The summed E-state index contributed by atoms with van der Waals surface area (Å²) in [6, 6.07) is 0. The first-order valence-electron chi connectivity index (χ1n) is 26.1. The topological polar surface area (TPSA) is 61.8 Å². The number of hydrogen-bond acceptors (Lipinski definition) is 5. The number of esters is 2. The Balaban J connectivity index is 4.40. The van der Waals surface area contributed by atoms with Crippen LogP contribution in [0, 0.1) is 0 Å². The van der Waals surface area contributed by atoms with Gasteiger partial charge < -0.3 is 14.2 Å². The lowest BCUT2D eigenvalue weighted by Gasteiger charge is -2.18. The lowest BCUT2D eigenvalue weighted by atomic mass is 10.1. The van der Waals surface area contributed by atoms with Crippen molar-refractivity contribution >= 4 is 11.9 Å². The summed E-state index contributed by atoms with van der Waals surface area (Å²) >= 11 is 0. The second-order valence-electron chi connectivity index (χ2n) is 16.7. The maximum Gasteiger partial charge on any atom is 0.306 e. The van der Waals surface area contributed by atoms with E-state index in [4.69, 9.17) is 14.2 Å². The van der Waals surface area contributed by atoms with E-state index in [0.29, 0.717) is 19.4 Å². The molecular formula is C59H96O5. The van der Waals surface area contributed by atoms with E-state index in [1.54, 1.807) is 0 Å². The third-order valence-electron chi connectivity index (χ3n) is 10.4. The normalized spacial score (nSPS) is 13.2. The smallest absolute Gasteiger partial charge is 0.306 e. The van der Waals surface area contributed by atoms with Crippen molar-refractivity contribution in [3.63, 3.8) is 0 Å². The van der Waals surface area contributed by atoms with Crippen LogP contribution in [0.1, 0.15) is 213 Å². The minimum absolute atomic E-state index is 0.0492. The van der Waals surface area contributed by atoms with E-state index < -0.39 is 6.10 Å². The molecule has 0 radical (unpaired) electrons. The highest BCUT2D eigenvalue weighted by molar-refractivity contribution is 5.70. The zero-order chi connectivity index (χ0) is 46.3. The molecule has 0 fully saturated rings. The molecule has 0 saturated heterocycles. The number of unbranched alkanes of at least 4 members (excludes halogenated alkanes) is 15. The van der Waals surface area contributed by atoms with Crippen molar-refractivity contribution < 1.29 is 23.8 Å². The van der Waals surface area contributed by atoms with Gasteiger partial charge in [0.1, 0.15) is 6.61 Å². The van der Waals surface area contributed by atoms with Crippen LogP contribution in [0.25, 0.3) is 0 Å². The van der Waals surface area contributed by atoms with Crippen LogP contribution in [0.5, 0.6) is 0 Å². The summed E-state index contributed by atoms with van der Waals surface area (Å²) in [5, 5.41) is 0. The number of carbonyl (C=O) groups is 2. The lowest BCUT2D eigenvalue weighted by Crippen LogP contribution is -2.30. The Morgan fingerprint density at radius 3 is 1.12 bits per heavy atom. The third kappa shape index (κ3) is 50.9. The van der Waals surface area contributed by atoms with Crippen molar-refractivity contribution in [2.24, 2.45) is 0 Å². The molecule has 0 amide bonds. The molecule has 0 spiro atoms. The van der Waals surface area contributed by atoms with E-state index in [1.807, 2.05) is 0 Å². The predicted molar refractivity (Wildman–Crippen MR) is 279 cm³/mol. The van der Waals surface area contributed by atoms with Crippen LogP contribution >= 0.6 is 0 Å². The van der Waals surface area contributed by atoms with Crippen molar-refractivity contribution in [2.45, 2.75) is 219 Å². The average Bonchev–Trinajstić information content (AvgIpc) is 3.30. The van der Waals surface area contributed by atoms with E-state index in [1.165, 1.54) is 44.9 Å². The van der Waals surface area contributed by atoms with E-state index in [-0.39, 0.29) is 25.2 Å². The molecular weight excluding hydrogens is 789 g/mol. The number of carbonyl (C=O) groups excluding carboxylic acids is 2. The first-order valence-corrected chi connectivity index (χ1v) is 26.1. The fraction of sp³-hybridized carbons (Fsp3) is 0.627. The average molecular weight is 885 g/mol. The SMILES string of the molecule is CC/C=C\C/C=C\C/C=C\C/C=C\C/C=C\CCCCOCC(COC(=O)CCCCCCCCC/C=C\C/C=C\C/C=C\CC)OC(=O)CCCCCCC/C=C\C/C=C\CCC. The molecule has 0 aromatic heterocycles. The van der Waals surface area contributed by atoms with Gasteiger partial charge in [-0.05, 0) is 122 Å². The summed E-state index contributed by atoms with van der Waals surface area (Å²) in [4.78, 5) is 25.4. The fourth-order valence-corrected chi connectivity index (χ4v) is 6.65. The molecule has 0 heterocycles. The Kier molecular flexibility index (Phi) is 50.5. The molecule has 5 nitrogen and oxygen atoms in total. The Morgan fingerprint density at radius 2 is 0.703 bits per heavy atom. The monoisotopic (exact) mass is 885 g/mol. The van der Waals surface area contributed by atoms with Crippen molar-refractivity contribution in [1.82, 2.24) is 0 Å². The molecule has 0 aliphatic rings. The van der Waals surface area contributed by atoms with Gasteiger partial charge >= 0.3 is 11.9 Å². The van der Waals surface area contributed by atoms with Crippen LogP contribution in [0.4, 0.5) is 0 Å². The van der Waals surface area contributed by atoms with Crippen LogP contribution in [-0.4, -0.2) is 37.9 Å². The van der Waals surface area contributed by atoms with Crippen LogP contribution < -0.4 is 0 Å². The lowest BCUT2D eigenvalue weighted by molar-refractivity contribution is -0.163. The molecule has 0 rings (SSSR count). The summed E-state index contributed by atoms with van der Waals surface area (Å²) in [6.45, 7) is 7.40. The second-order valence-corrected chi connectivity index (χ2v) is 16.7. The minimum Gasteiger partial charge on any atom is -0.462 e. The van der Waals surface area contributed by atoms with Crippen molar-refractivity contribution in [2.75, 3.05) is 19.8 Å². The van der Waals surface area contributed by atoms with Gasteiger partial charge in [-0.3, -0.25) is 9.59 Å². The first kappa shape index (κ1) is 60.3. The maximum atomic E-state index is 12.8. The highest BCUT2D eigenvalue weighted by Crippen LogP contribution is 2.13. The van der Waals surface area contributed by atoms with Gasteiger partial charge in [-0.2, -0.15) is 0 Å². The van der Waals surface area contributed by atoms with Crippen LogP contribution in [0.15, 0.2) is 122 Å².